The molecule has 0 amide bonds. The van der Waals surface area contributed by atoms with Crippen LogP contribution in [0.4, 0.5) is 0 Å². The number of rotatable bonds is 7. The first-order valence-corrected chi connectivity index (χ1v) is 7.33. The fourth-order valence-electron chi connectivity index (χ4n) is 2.76. The van der Waals surface area contributed by atoms with Crippen molar-refractivity contribution in [3.05, 3.63) is 35.4 Å². The van der Waals surface area contributed by atoms with Crippen LogP contribution in [0.25, 0.3) is 0 Å². The lowest BCUT2D eigenvalue weighted by Crippen LogP contribution is -2.18. The minimum Gasteiger partial charge on any atom is -0.481 e. The average molecular weight is 260 g/mol. The van der Waals surface area contributed by atoms with Gasteiger partial charge in [-0.15, -0.1) is 0 Å². The first-order valence-electron chi connectivity index (χ1n) is 7.33. The molecule has 1 aromatic carbocycles. The number of carbonyl (C=O) groups is 1. The SMILES string of the molecule is CCC1(CCC(Cc2ccc(C)cc2)C(=O)O)CC1. The third kappa shape index (κ3) is 3.82. The number of aliphatic carboxylic acids is 1. The van der Waals surface area contributed by atoms with Crippen molar-refractivity contribution in [2.24, 2.45) is 11.3 Å². The summed E-state index contributed by atoms with van der Waals surface area (Å²) in [5.74, 6) is -0.876. The van der Waals surface area contributed by atoms with E-state index in [9.17, 15) is 9.90 Å². The maximum atomic E-state index is 11.4. The highest BCUT2D eigenvalue weighted by Gasteiger charge is 2.40. The topological polar surface area (TPSA) is 37.3 Å². The van der Waals surface area contributed by atoms with Gasteiger partial charge in [0.2, 0.25) is 0 Å². The molecule has 19 heavy (non-hydrogen) atoms. The second-order valence-electron chi connectivity index (χ2n) is 6.12. The molecule has 0 aliphatic heterocycles. The van der Waals surface area contributed by atoms with Crippen LogP contribution in [0.5, 0.6) is 0 Å². The van der Waals surface area contributed by atoms with E-state index in [-0.39, 0.29) is 5.92 Å². The number of benzene rings is 1. The minimum atomic E-state index is -0.646. The molecule has 1 aliphatic rings. The molecular weight excluding hydrogens is 236 g/mol. The van der Waals surface area contributed by atoms with Crippen molar-refractivity contribution < 1.29 is 9.90 Å². The van der Waals surface area contributed by atoms with Crippen LogP contribution < -0.4 is 0 Å². The highest BCUT2D eigenvalue weighted by atomic mass is 16.4. The third-order valence-corrected chi connectivity index (χ3v) is 4.68. The van der Waals surface area contributed by atoms with Crippen LogP contribution >= 0.6 is 0 Å². The van der Waals surface area contributed by atoms with Gasteiger partial charge in [-0.25, -0.2) is 0 Å². The number of carboxylic acids is 1. The van der Waals surface area contributed by atoms with Crippen LogP contribution in [0.1, 0.15) is 50.2 Å². The van der Waals surface area contributed by atoms with Gasteiger partial charge in [-0.05, 0) is 50.0 Å². The Kier molecular flexibility index (Phi) is 4.28. The van der Waals surface area contributed by atoms with Gasteiger partial charge < -0.3 is 5.11 Å². The van der Waals surface area contributed by atoms with E-state index >= 15 is 0 Å². The average Bonchev–Trinajstić information content (AvgIpc) is 3.17. The van der Waals surface area contributed by atoms with Gasteiger partial charge in [-0.2, -0.15) is 0 Å². The molecule has 1 atom stereocenters. The molecule has 2 rings (SSSR count). The van der Waals surface area contributed by atoms with Gasteiger partial charge in [0, 0.05) is 0 Å². The van der Waals surface area contributed by atoms with Gasteiger partial charge in [-0.1, -0.05) is 43.2 Å². The molecule has 0 aromatic heterocycles. The van der Waals surface area contributed by atoms with E-state index in [1.165, 1.54) is 24.8 Å². The first-order chi connectivity index (χ1) is 9.04. The smallest absolute Gasteiger partial charge is 0.306 e. The largest absolute Gasteiger partial charge is 0.481 e. The number of hydrogen-bond donors (Lipinski definition) is 1. The summed E-state index contributed by atoms with van der Waals surface area (Å²) in [5.41, 5.74) is 2.85. The molecule has 1 aliphatic carbocycles. The zero-order chi connectivity index (χ0) is 13.9. The van der Waals surface area contributed by atoms with Crippen molar-refractivity contribution in [1.29, 1.82) is 0 Å². The molecule has 0 heterocycles. The van der Waals surface area contributed by atoms with Crippen molar-refractivity contribution in [2.75, 3.05) is 0 Å². The lowest BCUT2D eigenvalue weighted by Gasteiger charge is -2.17. The van der Waals surface area contributed by atoms with Crippen LogP contribution in [-0.2, 0) is 11.2 Å². The minimum absolute atomic E-state index is 0.230. The molecule has 1 aromatic rings. The summed E-state index contributed by atoms with van der Waals surface area (Å²) in [5, 5.41) is 9.38. The van der Waals surface area contributed by atoms with Crippen molar-refractivity contribution in [1.82, 2.24) is 0 Å². The normalized spacial score (nSPS) is 18.0. The fraction of sp³-hybridized carbons (Fsp3) is 0.588. The Morgan fingerprint density at radius 1 is 1.32 bits per heavy atom. The summed E-state index contributed by atoms with van der Waals surface area (Å²) < 4.78 is 0. The Bertz CT molecular complexity index is 429. The van der Waals surface area contributed by atoms with Gasteiger partial charge in [-0.3, -0.25) is 4.79 Å². The molecule has 2 nitrogen and oxygen atoms in total. The predicted octanol–water partition coefficient (Wildman–Crippen LogP) is 4.21. The van der Waals surface area contributed by atoms with Gasteiger partial charge in [0.05, 0.1) is 5.92 Å². The van der Waals surface area contributed by atoms with Crippen LogP contribution in [0, 0.1) is 18.3 Å². The predicted molar refractivity (Wildman–Crippen MR) is 77.2 cm³/mol. The van der Waals surface area contributed by atoms with Crippen molar-refractivity contribution in [3.63, 3.8) is 0 Å². The Labute approximate surface area is 115 Å². The monoisotopic (exact) mass is 260 g/mol. The van der Waals surface area contributed by atoms with E-state index in [0.717, 1.165) is 18.4 Å². The first kappa shape index (κ1) is 14.1. The van der Waals surface area contributed by atoms with Crippen molar-refractivity contribution >= 4 is 5.97 Å². The molecule has 104 valence electrons. The molecule has 1 N–H and O–H groups in total. The molecule has 0 radical (unpaired) electrons. The maximum Gasteiger partial charge on any atom is 0.306 e. The fourth-order valence-corrected chi connectivity index (χ4v) is 2.76. The second-order valence-corrected chi connectivity index (χ2v) is 6.12. The van der Waals surface area contributed by atoms with E-state index in [2.05, 4.69) is 38.1 Å². The quantitative estimate of drug-likeness (QED) is 0.797. The molecule has 0 spiro atoms. The summed E-state index contributed by atoms with van der Waals surface area (Å²) in [4.78, 5) is 11.4. The molecular formula is C17H24O2. The Balaban J connectivity index is 1.92. The summed E-state index contributed by atoms with van der Waals surface area (Å²) in [7, 11) is 0. The van der Waals surface area contributed by atoms with E-state index < -0.39 is 5.97 Å². The lowest BCUT2D eigenvalue weighted by atomic mass is 9.88. The second kappa shape index (κ2) is 5.77. The Hall–Kier alpha value is -1.31. The zero-order valence-electron chi connectivity index (χ0n) is 12.0. The van der Waals surface area contributed by atoms with Crippen LogP contribution in [0.3, 0.4) is 0 Å². The molecule has 0 bridgehead atoms. The van der Waals surface area contributed by atoms with Crippen LogP contribution in [-0.4, -0.2) is 11.1 Å². The van der Waals surface area contributed by atoms with Crippen molar-refractivity contribution in [2.45, 2.75) is 52.4 Å². The number of carboxylic acid groups (broad SMARTS) is 1. The van der Waals surface area contributed by atoms with Gasteiger partial charge in [0.1, 0.15) is 0 Å². The van der Waals surface area contributed by atoms with Crippen molar-refractivity contribution in [3.8, 4) is 0 Å². The molecule has 1 saturated carbocycles. The van der Waals surface area contributed by atoms with Crippen LogP contribution in [0.2, 0.25) is 0 Å². The Morgan fingerprint density at radius 3 is 2.42 bits per heavy atom. The maximum absolute atomic E-state index is 11.4. The summed E-state index contributed by atoms with van der Waals surface area (Å²) in [6.07, 6.45) is 6.34. The van der Waals surface area contributed by atoms with Gasteiger partial charge in [0.25, 0.3) is 0 Å². The third-order valence-electron chi connectivity index (χ3n) is 4.68. The van der Waals surface area contributed by atoms with Gasteiger partial charge in [0.15, 0.2) is 0 Å². The van der Waals surface area contributed by atoms with E-state index in [4.69, 9.17) is 0 Å². The van der Waals surface area contributed by atoms with Crippen LogP contribution in [0.15, 0.2) is 24.3 Å². The molecule has 2 heteroatoms. The Morgan fingerprint density at radius 2 is 1.95 bits per heavy atom. The van der Waals surface area contributed by atoms with E-state index in [1.807, 2.05) is 0 Å². The van der Waals surface area contributed by atoms with Gasteiger partial charge >= 0.3 is 5.97 Å². The summed E-state index contributed by atoms with van der Waals surface area (Å²) >= 11 is 0. The molecule has 1 unspecified atom stereocenters. The summed E-state index contributed by atoms with van der Waals surface area (Å²) in [6.45, 7) is 4.28. The number of hydrogen-bond acceptors (Lipinski definition) is 1. The standard InChI is InChI=1S/C17H24O2/c1-3-17(10-11-17)9-8-15(16(18)19)12-14-6-4-13(2)5-7-14/h4-7,15H,3,8-12H2,1-2H3,(H,18,19). The lowest BCUT2D eigenvalue weighted by molar-refractivity contribution is -0.142. The highest BCUT2D eigenvalue weighted by Crippen LogP contribution is 2.52. The van der Waals surface area contributed by atoms with E-state index in [0.29, 0.717) is 11.8 Å². The highest BCUT2D eigenvalue weighted by molar-refractivity contribution is 5.70. The van der Waals surface area contributed by atoms with E-state index in [1.54, 1.807) is 0 Å². The zero-order valence-corrected chi connectivity index (χ0v) is 12.0. The number of aryl methyl sites for hydroxylation is 1. The molecule has 1 fully saturated rings. The molecule has 0 saturated heterocycles. The summed E-state index contributed by atoms with van der Waals surface area (Å²) in [6, 6.07) is 8.22.